The molecule has 0 atom stereocenters. The van der Waals surface area contributed by atoms with Gasteiger partial charge in [-0.15, -0.1) is 0 Å². The molecule has 4 heteroatoms. The van der Waals surface area contributed by atoms with Crippen LogP contribution in [-0.2, 0) is 0 Å². The number of anilines is 2. The molecule has 18 heavy (non-hydrogen) atoms. The summed E-state index contributed by atoms with van der Waals surface area (Å²) in [6.07, 6.45) is 3.86. The first kappa shape index (κ1) is 13.1. The van der Waals surface area contributed by atoms with Crippen LogP contribution in [0.3, 0.4) is 0 Å². The molecule has 100 valence electrons. The molecule has 1 aliphatic heterocycles. The first-order chi connectivity index (χ1) is 8.74. The van der Waals surface area contributed by atoms with Gasteiger partial charge < -0.3 is 9.80 Å². The molecule has 1 saturated heterocycles. The first-order valence-electron chi connectivity index (χ1n) is 7.10. The van der Waals surface area contributed by atoms with E-state index in [0.717, 1.165) is 43.6 Å². The van der Waals surface area contributed by atoms with E-state index in [1.54, 1.807) is 0 Å². The van der Waals surface area contributed by atoms with Crippen LogP contribution in [0.1, 0.15) is 38.8 Å². The Hall–Kier alpha value is -1.32. The number of nitrogens with zero attached hydrogens (tertiary/aromatic N) is 4. The molecule has 0 radical (unpaired) electrons. The first-order valence-corrected chi connectivity index (χ1v) is 7.10. The largest absolute Gasteiger partial charge is 0.357 e. The Kier molecular flexibility index (Phi) is 4.39. The Labute approximate surface area is 110 Å². The van der Waals surface area contributed by atoms with Gasteiger partial charge in [0.1, 0.15) is 5.82 Å². The molecule has 0 aromatic carbocycles. The highest BCUT2D eigenvalue weighted by atomic mass is 15.3. The Bertz CT molecular complexity index is 381. The van der Waals surface area contributed by atoms with Gasteiger partial charge in [0.25, 0.3) is 0 Å². The number of aromatic nitrogens is 2. The lowest BCUT2D eigenvalue weighted by Crippen LogP contribution is -2.32. The molecule has 0 unspecified atom stereocenters. The van der Waals surface area contributed by atoms with Gasteiger partial charge in [-0.25, -0.2) is 4.98 Å². The molecule has 4 nitrogen and oxygen atoms in total. The zero-order valence-corrected chi connectivity index (χ0v) is 11.8. The Morgan fingerprint density at radius 3 is 2.39 bits per heavy atom. The van der Waals surface area contributed by atoms with E-state index in [0.29, 0.717) is 0 Å². The number of aryl methyl sites for hydroxylation is 1. The maximum absolute atomic E-state index is 4.74. The zero-order chi connectivity index (χ0) is 13.0. The third kappa shape index (κ3) is 2.92. The number of piperidine rings is 1. The summed E-state index contributed by atoms with van der Waals surface area (Å²) < 4.78 is 0. The fraction of sp³-hybridized carbons (Fsp3) is 0.714. The Morgan fingerprint density at radius 2 is 1.78 bits per heavy atom. The summed E-state index contributed by atoms with van der Waals surface area (Å²) >= 11 is 0. The summed E-state index contributed by atoms with van der Waals surface area (Å²) in [6, 6.07) is 2.08. The average molecular weight is 248 g/mol. The second-order valence-corrected chi connectivity index (χ2v) is 4.89. The van der Waals surface area contributed by atoms with Crippen molar-refractivity contribution in [3.8, 4) is 0 Å². The van der Waals surface area contributed by atoms with Gasteiger partial charge in [0.15, 0.2) is 0 Å². The molecule has 1 aromatic rings. The summed E-state index contributed by atoms with van der Waals surface area (Å²) in [7, 11) is 0. The molecule has 0 saturated carbocycles. The van der Waals surface area contributed by atoms with Crippen LogP contribution < -0.4 is 9.80 Å². The molecule has 2 heterocycles. The van der Waals surface area contributed by atoms with Crippen LogP contribution in [0.25, 0.3) is 0 Å². The van der Waals surface area contributed by atoms with Crippen LogP contribution >= 0.6 is 0 Å². The predicted octanol–water partition coefficient (Wildman–Crippen LogP) is 2.62. The van der Waals surface area contributed by atoms with Gasteiger partial charge in [0.05, 0.1) is 0 Å². The molecule has 1 aliphatic rings. The van der Waals surface area contributed by atoms with Gasteiger partial charge >= 0.3 is 0 Å². The maximum Gasteiger partial charge on any atom is 0.227 e. The Morgan fingerprint density at radius 1 is 1.11 bits per heavy atom. The topological polar surface area (TPSA) is 32.3 Å². The van der Waals surface area contributed by atoms with Gasteiger partial charge in [0.2, 0.25) is 5.95 Å². The fourth-order valence-corrected chi connectivity index (χ4v) is 2.48. The minimum absolute atomic E-state index is 0.914. The van der Waals surface area contributed by atoms with Crippen LogP contribution in [0.4, 0.5) is 11.8 Å². The van der Waals surface area contributed by atoms with Crippen molar-refractivity contribution in [1.29, 1.82) is 0 Å². The van der Waals surface area contributed by atoms with Crippen molar-refractivity contribution in [2.75, 3.05) is 36.0 Å². The second-order valence-electron chi connectivity index (χ2n) is 4.89. The lowest BCUT2D eigenvalue weighted by Gasteiger charge is -2.28. The molecule has 1 fully saturated rings. The van der Waals surface area contributed by atoms with E-state index in [2.05, 4.69) is 41.6 Å². The minimum Gasteiger partial charge on any atom is -0.357 e. The van der Waals surface area contributed by atoms with Crippen LogP contribution in [-0.4, -0.2) is 36.1 Å². The summed E-state index contributed by atoms with van der Waals surface area (Å²) in [4.78, 5) is 13.9. The summed E-state index contributed by atoms with van der Waals surface area (Å²) in [5.41, 5.74) is 1.06. The highest BCUT2D eigenvalue weighted by Gasteiger charge is 2.15. The highest BCUT2D eigenvalue weighted by molar-refractivity contribution is 5.45. The SMILES string of the molecule is CCN(CC)c1cc(C)nc(N2CCCCC2)n1. The molecule has 0 spiro atoms. The molecule has 2 rings (SSSR count). The highest BCUT2D eigenvalue weighted by Crippen LogP contribution is 2.20. The van der Waals surface area contributed by atoms with E-state index < -0.39 is 0 Å². The third-order valence-corrected chi connectivity index (χ3v) is 3.56. The molecular weight excluding hydrogens is 224 g/mol. The van der Waals surface area contributed by atoms with E-state index in [1.807, 2.05) is 0 Å². The van der Waals surface area contributed by atoms with E-state index in [-0.39, 0.29) is 0 Å². The lowest BCUT2D eigenvalue weighted by molar-refractivity contribution is 0.567. The summed E-state index contributed by atoms with van der Waals surface area (Å²) in [5, 5.41) is 0. The monoisotopic (exact) mass is 248 g/mol. The molecule has 0 aliphatic carbocycles. The number of rotatable bonds is 4. The van der Waals surface area contributed by atoms with Crippen molar-refractivity contribution < 1.29 is 0 Å². The van der Waals surface area contributed by atoms with Gasteiger partial charge in [-0.3, -0.25) is 0 Å². The number of hydrogen-bond donors (Lipinski definition) is 0. The van der Waals surface area contributed by atoms with Crippen LogP contribution in [0.2, 0.25) is 0 Å². The maximum atomic E-state index is 4.74. The second kappa shape index (κ2) is 6.03. The van der Waals surface area contributed by atoms with Crippen molar-refractivity contribution in [1.82, 2.24) is 9.97 Å². The zero-order valence-electron chi connectivity index (χ0n) is 11.8. The molecule has 0 N–H and O–H groups in total. The van der Waals surface area contributed by atoms with E-state index >= 15 is 0 Å². The smallest absolute Gasteiger partial charge is 0.227 e. The fourth-order valence-electron chi connectivity index (χ4n) is 2.48. The van der Waals surface area contributed by atoms with Crippen molar-refractivity contribution in [2.24, 2.45) is 0 Å². The quantitative estimate of drug-likeness (QED) is 0.820. The molecule has 1 aromatic heterocycles. The van der Waals surface area contributed by atoms with Gasteiger partial charge in [-0.1, -0.05) is 0 Å². The molecular formula is C14H24N4. The normalized spacial score (nSPS) is 15.8. The van der Waals surface area contributed by atoms with Crippen molar-refractivity contribution in [2.45, 2.75) is 40.0 Å². The summed E-state index contributed by atoms with van der Waals surface area (Å²) in [5.74, 6) is 1.98. The predicted molar refractivity (Wildman–Crippen MR) is 76.4 cm³/mol. The van der Waals surface area contributed by atoms with Crippen LogP contribution in [0.5, 0.6) is 0 Å². The third-order valence-electron chi connectivity index (χ3n) is 3.56. The lowest BCUT2D eigenvalue weighted by atomic mass is 10.1. The van der Waals surface area contributed by atoms with E-state index in [9.17, 15) is 0 Å². The Balaban J connectivity index is 2.24. The van der Waals surface area contributed by atoms with Gasteiger partial charge in [0, 0.05) is 37.9 Å². The standard InChI is InChI=1S/C14H24N4/c1-4-17(5-2)13-11-12(3)15-14(16-13)18-9-7-6-8-10-18/h11H,4-10H2,1-3H3. The van der Waals surface area contributed by atoms with Crippen molar-refractivity contribution >= 4 is 11.8 Å². The van der Waals surface area contributed by atoms with Gasteiger partial charge in [-0.2, -0.15) is 4.98 Å². The minimum atomic E-state index is 0.914. The van der Waals surface area contributed by atoms with Crippen molar-refractivity contribution in [3.63, 3.8) is 0 Å². The van der Waals surface area contributed by atoms with E-state index in [4.69, 9.17) is 4.98 Å². The molecule has 0 amide bonds. The number of hydrogen-bond acceptors (Lipinski definition) is 4. The summed E-state index contributed by atoms with van der Waals surface area (Å²) in [6.45, 7) is 10.6. The van der Waals surface area contributed by atoms with E-state index in [1.165, 1.54) is 19.3 Å². The average Bonchev–Trinajstić information content (AvgIpc) is 2.40. The van der Waals surface area contributed by atoms with Gasteiger partial charge in [-0.05, 0) is 40.0 Å². The van der Waals surface area contributed by atoms with Crippen LogP contribution in [0, 0.1) is 6.92 Å². The van der Waals surface area contributed by atoms with Crippen molar-refractivity contribution in [3.05, 3.63) is 11.8 Å². The molecule has 0 bridgehead atoms. The van der Waals surface area contributed by atoms with Crippen LogP contribution in [0.15, 0.2) is 6.07 Å².